The Labute approximate surface area is 246 Å². The van der Waals surface area contributed by atoms with Crippen LogP contribution in [0.3, 0.4) is 0 Å². The van der Waals surface area contributed by atoms with E-state index in [9.17, 15) is 4.39 Å². The van der Waals surface area contributed by atoms with Crippen LogP contribution in [0.4, 0.5) is 10.2 Å². The predicted molar refractivity (Wildman–Crippen MR) is 166 cm³/mol. The van der Waals surface area contributed by atoms with Crippen LogP contribution in [0, 0.1) is 11.2 Å². The van der Waals surface area contributed by atoms with Crippen molar-refractivity contribution in [2.45, 2.75) is 38.8 Å². The van der Waals surface area contributed by atoms with Gasteiger partial charge in [0.05, 0.1) is 29.3 Å². The number of benzene rings is 1. The summed E-state index contributed by atoms with van der Waals surface area (Å²) in [4.78, 5) is 24.3. The van der Waals surface area contributed by atoms with E-state index in [0.717, 1.165) is 79.6 Å². The van der Waals surface area contributed by atoms with Gasteiger partial charge in [-0.3, -0.25) is 10.3 Å². The molecule has 216 valence electrons. The van der Waals surface area contributed by atoms with Crippen molar-refractivity contribution in [3.63, 3.8) is 0 Å². The van der Waals surface area contributed by atoms with Crippen molar-refractivity contribution in [1.29, 1.82) is 5.41 Å². The summed E-state index contributed by atoms with van der Waals surface area (Å²) >= 11 is 0. The van der Waals surface area contributed by atoms with Gasteiger partial charge in [0.15, 0.2) is 0 Å². The number of amidine groups is 1. The second kappa shape index (κ2) is 12.2. The molecule has 4 aromatic rings. The summed E-state index contributed by atoms with van der Waals surface area (Å²) < 4.78 is 13.8. The Hall–Kier alpha value is -4.37. The van der Waals surface area contributed by atoms with Crippen molar-refractivity contribution < 1.29 is 4.39 Å². The molecule has 2 N–H and O–H groups in total. The number of rotatable bonds is 7. The minimum absolute atomic E-state index is 0.00954. The van der Waals surface area contributed by atoms with Gasteiger partial charge in [-0.1, -0.05) is 18.2 Å². The third kappa shape index (κ3) is 6.11. The van der Waals surface area contributed by atoms with Crippen LogP contribution in [0.5, 0.6) is 0 Å². The molecule has 2 aliphatic rings. The average molecular weight is 565 g/mol. The molecule has 3 aromatic heterocycles. The van der Waals surface area contributed by atoms with Crippen LogP contribution < -0.4 is 4.90 Å². The highest BCUT2D eigenvalue weighted by Gasteiger charge is 2.27. The topological polar surface area (TPSA) is 88.0 Å². The summed E-state index contributed by atoms with van der Waals surface area (Å²) in [5, 5.41) is 8.66. The number of likely N-dealkylation sites (tertiary alicyclic amines) is 1. The minimum atomic E-state index is -0.244. The first-order valence-electron chi connectivity index (χ1n) is 14.7. The largest absolute Gasteiger partial charge is 0.354 e. The molecule has 0 aliphatic carbocycles. The average Bonchev–Trinajstić information content (AvgIpc) is 3.71. The Kier molecular flexibility index (Phi) is 8.10. The van der Waals surface area contributed by atoms with Crippen molar-refractivity contribution >= 4 is 17.7 Å². The summed E-state index contributed by atoms with van der Waals surface area (Å²) in [5.74, 6) is 1.78. The number of aromatic amines is 1. The first kappa shape index (κ1) is 27.8. The maximum Gasteiger partial charge on any atom is 0.130 e. The zero-order chi connectivity index (χ0) is 29.1. The minimum Gasteiger partial charge on any atom is -0.354 e. The summed E-state index contributed by atoms with van der Waals surface area (Å²) in [5.41, 5.74) is 4.42. The van der Waals surface area contributed by atoms with E-state index in [-0.39, 0.29) is 11.9 Å². The smallest absolute Gasteiger partial charge is 0.130 e. The first-order valence-corrected chi connectivity index (χ1v) is 14.7. The summed E-state index contributed by atoms with van der Waals surface area (Å²) in [6.45, 7) is 9.28. The van der Waals surface area contributed by atoms with Crippen LogP contribution in [-0.2, 0) is 0 Å². The predicted octanol–water partition coefficient (Wildman–Crippen LogP) is 6.03. The van der Waals surface area contributed by atoms with E-state index in [4.69, 9.17) is 10.4 Å². The standard InChI is InChI=1S/C33H37FN8/c1-23(2)40-16-18-41(19-17-40)33-21-24(13-14-36-33)27-8-4-9-28(38-27)29-22-37-32(39-29)12-11-31(35)42-15-5-10-30(42)25-6-3-7-26(34)20-25/h3-4,6-9,11-14,20-23,30,35H,5,10,15-19H2,1-2H3,(H,37,39)/t30-/m1/s1. The van der Waals surface area contributed by atoms with Crippen molar-refractivity contribution in [2.75, 3.05) is 37.6 Å². The van der Waals surface area contributed by atoms with E-state index >= 15 is 0 Å². The second-order valence-electron chi connectivity index (χ2n) is 11.2. The monoisotopic (exact) mass is 564 g/mol. The number of H-pyrrole nitrogens is 1. The molecule has 0 amide bonds. The number of pyridine rings is 2. The van der Waals surface area contributed by atoms with Gasteiger partial charge in [0.2, 0.25) is 0 Å². The van der Waals surface area contributed by atoms with E-state index in [1.807, 2.05) is 47.5 Å². The fraction of sp³-hybridized carbons (Fsp3) is 0.333. The van der Waals surface area contributed by atoms with Gasteiger partial charge in [-0.05, 0) is 80.8 Å². The maximum atomic E-state index is 13.8. The van der Waals surface area contributed by atoms with Gasteiger partial charge >= 0.3 is 0 Å². The summed E-state index contributed by atoms with van der Waals surface area (Å²) in [6, 6.07) is 17.4. The van der Waals surface area contributed by atoms with E-state index in [1.54, 1.807) is 24.4 Å². The second-order valence-corrected chi connectivity index (χ2v) is 11.2. The molecule has 42 heavy (non-hydrogen) atoms. The lowest BCUT2D eigenvalue weighted by molar-refractivity contribution is 0.209. The number of halogens is 1. The Bertz CT molecular complexity index is 1570. The number of anilines is 1. The number of piperazine rings is 1. The number of hydrogen-bond donors (Lipinski definition) is 2. The molecule has 2 aliphatic heterocycles. The molecule has 5 heterocycles. The molecule has 8 nitrogen and oxygen atoms in total. The molecule has 0 spiro atoms. The van der Waals surface area contributed by atoms with Crippen LogP contribution >= 0.6 is 0 Å². The van der Waals surface area contributed by atoms with E-state index < -0.39 is 0 Å². The zero-order valence-corrected chi connectivity index (χ0v) is 24.2. The molecular weight excluding hydrogens is 527 g/mol. The number of nitrogens with zero attached hydrogens (tertiary/aromatic N) is 6. The quantitative estimate of drug-likeness (QED) is 0.211. The third-order valence-corrected chi connectivity index (χ3v) is 8.23. The van der Waals surface area contributed by atoms with Crippen molar-refractivity contribution in [1.82, 2.24) is 29.7 Å². The lowest BCUT2D eigenvalue weighted by Crippen LogP contribution is -2.49. The molecule has 1 atom stereocenters. The fourth-order valence-electron chi connectivity index (χ4n) is 5.88. The molecule has 2 fully saturated rings. The molecule has 2 saturated heterocycles. The lowest BCUT2D eigenvalue weighted by Gasteiger charge is -2.37. The number of nitrogens with one attached hydrogen (secondary N) is 2. The molecule has 9 heteroatoms. The van der Waals surface area contributed by atoms with Crippen molar-refractivity contribution in [3.05, 3.63) is 90.3 Å². The zero-order valence-electron chi connectivity index (χ0n) is 24.2. The molecule has 0 unspecified atom stereocenters. The molecule has 0 saturated carbocycles. The van der Waals surface area contributed by atoms with Crippen LogP contribution in [-0.4, -0.2) is 74.3 Å². The van der Waals surface area contributed by atoms with Gasteiger partial charge in [0.25, 0.3) is 0 Å². The Morgan fingerprint density at radius 3 is 2.62 bits per heavy atom. The third-order valence-electron chi connectivity index (χ3n) is 8.23. The maximum absolute atomic E-state index is 13.8. The normalized spacial score (nSPS) is 18.0. The van der Waals surface area contributed by atoms with Crippen molar-refractivity contribution in [2.24, 2.45) is 0 Å². The number of hydrogen-bond acceptors (Lipinski definition) is 6. The molecule has 6 rings (SSSR count). The van der Waals surface area contributed by atoms with Crippen LogP contribution in [0.2, 0.25) is 0 Å². The van der Waals surface area contributed by atoms with Gasteiger partial charge < -0.3 is 14.8 Å². The Morgan fingerprint density at radius 2 is 1.81 bits per heavy atom. The molecule has 1 aromatic carbocycles. The van der Waals surface area contributed by atoms with Gasteiger partial charge in [0.1, 0.15) is 23.3 Å². The Morgan fingerprint density at radius 1 is 1.00 bits per heavy atom. The van der Waals surface area contributed by atoms with E-state index in [2.05, 4.69) is 44.7 Å². The SMILES string of the molecule is CC(C)N1CCN(c2cc(-c3cccc(-c4cnc(C=CC(=N)N5CCC[C@@H]5c5cccc(F)c5)[nH]4)n3)ccn2)CC1. The lowest BCUT2D eigenvalue weighted by atomic mass is 10.0. The van der Waals surface area contributed by atoms with Gasteiger partial charge in [0, 0.05) is 50.5 Å². The molecule has 0 radical (unpaired) electrons. The van der Waals surface area contributed by atoms with Gasteiger partial charge in [-0.15, -0.1) is 0 Å². The first-order chi connectivity index (χ1) is 20.4. The highest BCUT2D eigenvalue weighted by atomic mass is 19.1. The van der Waals surface area contributed by atoms with Crippen molar-refractivity contribution in [3.8, 4) is 22.6 Å². The highest BCUT2D eigenvalue weighted by Crippen LogP contribution is 2.32. The summed E-state index contributed by atoms with van der Waals surface area (Å²) in [6.07, 6.45) is 9.07. The number of imidazole rings is 1. The number of aromatic nitrogens is 4. The fourth-order valence-corrected chi connectivity index (χ4v) is 5.88. The molecule has 0 bridgehead atoms. The van der Waals surface area contributed by atoms with Crippen LogP contribution in [0.25, 0.3) is 28.7 Å². The molecular formula is C33H37FN8. The van der Waals surface area contributed by atoms with Gasteiger partial charge in [-0.2, -0.15) is 0 Å². The Balaban J connectivity index is 1.14. The van der Waals surface area contributed by atoms with E-state index in [0.29, 0.717) is 17.7 Å². The van der Waals surface area contributed by atoms with Gasteiger partial charge in [-0.25, -0.2) is 19.3 Å². The van der Waals surface area contributed by atoms with Crippen LogP contribution in [0.15, 0.2) is 73.1 Å². The van der Waals surface area contributed by atoms with E-state index in [1.165, 1.54) is 6.07 Å². The summed E-state index contributed by atoms with van der Waals surface area (Å²) in [7, 11) is 0. The van der Waals surface area contributed by atoms with Crippen LogP contribution in [0.1, 0.15) is 44.1 Å². The highest BCUT2D eigenvalue weighted by molar-refractivity contribution is 5.94.